The fourth-order valence-corrected chi connectivity index (χ4v) is 3.11. The molecule has 0 spiro atoms. The van der Waals surface area contributed by atoms with Crippen molar-refractivity contribution >= 4 is 33.7 Å². The summed E-state index contributed by atoms with van der Waals surface area (Å²) in [4.78, 5) is 17.2. The number of nitrogens with zero attached hydrogens (tertiary/aromatic N) is 1. The lowest BCUT2D eigenvalue weighted by atomic mass is 10.0. The maximum Gasteiger partial charge on any atom is 0.368 e. The molecule has 0 bridgehead atoms. The first-order chi connectivity index (χ1) is 13.7. The van der Waals surface area contributed by atoms with Crippen LogP contribution >= 0.6 is 15.9 Å². The van der Waals surface area contributed by atoms with Crippen LogP contribution in [-0.4, -0.2) is 11.7 Å². The average molecular weight is 434 g/mol. The van der Waals surface area contributed by atoms with Crippen LogP contribution in [0.2, 0.25) is 0 Å². The van der Waals surface area contributed by atoms with Gasteiger partial charge >= 0.3 is 5.97 Å². The minimum Gasteiger partial charge on any atom is -0.488 e. The summed E-state index contributed by atoms with van der Waals surface area (Å²) in [5.41, 5.74) is 3.60. The standard InChI is InChI=1S/C23H16BrNO3/c24-19-12-10-16(11-13-19)15-27-21-9-5-4-8-18(21)14-20-22(25-28-23(20)26)17-6-2-1-3-7-17/h1-14H,15H2/b20-14+. The summed E-state index contributed by atoms with van der Waals surface area (Å²) in [6.45, 7) is 0.428. The molecular formula is C23H16BrNO3. The summed E-state index contributed by atoms with van der Waals surface area (Å²) in [5.74, 6) is 0.214. The minimum atomic E-state index is -0.471. The molecule has 0 radical (unpaired) electrons. The van der Waals surface area contributed by atoms with Gasteiger partial charge in [-0.05, 0) is 29.8 Å². The van der Waals surface area contributed by atoms with Gasteiger partial charge in [-0.15, -0.1) is 0 Å². The topological polar surface area (TPSA) is 47.9 Å². The first-order valence-corrected chi connectivity index (χ1v) is 9.53. The van der Waals surface area contributed by atoms with Gasteiger partial charge in [-0.1, -0.05) is 81.7 Å². The Morgan fingerprint density at radius 3 is 2.43 bits per heavy atom. The van der Waals surface area contributed by atoms with Crippen LogP contribution in [0.5, 0.6) is 5.75 Å². The largest absolute Gasteiger partial charge is 0.488 e. The highest BCUT2D eigenvalue weighted by molar-refractivity contribution is 9.10. The van der Waals surface area contributed by atoms with Crippen molar-refractivity contribution in [2.24, 2.45) is 5.16 Å². The highest BCUT2D eigenvalue weighted by Gasteiger charge is 2.27. The van der Waals surface area contributed by atoms with Crippen molar-refractivity contribution in [1.29, 1.82) is 0 Å². The Labute approximate surface area is 171 Å². The van der Waals surface area contributed by atoms with E-state index in [0.29, 0.717) is 23.6 Å². The molecule has 0 saturated carbocycles. The molecule has 0 aliphatic carbocycles. The summed E-state index contributed by atoms with van der Waals surface area (Å²) in [7, 11) is 0. The second-order valence-electron chi connectivity index (χ2n) is 6.20. The summed E-state index contributed by atoms with van der Waals surface area (Å²) in [6.07, 6.45) is 1.76. The third kappa shape index (κ3) is 4.05. The lowest BCUT2D eigenvalue weighted by Gasteiger charge is -2.10. The van der Waals surface area contributed by atoms with Crippen LogP contribution in [0.25, 0.3) is 6.08 Å². The van der Waals surface area contributed by atoms with Crippen LogP contribution < -0.4 is 4.74 Å². The van der Waals surface area contributed by atoms with E-state index in [4.69, 9.17) is 9.57 Å². The normalized spacial score (nSPS) is 14.7. The van der Waals surface area contributed by atoms with Gasteiger partial charge in [0, 0.05) is 15.6 Å². The fourth-order valence-electron chi connectivity index (χ4n) is 2.84. The molecule has 0 saturated heterocycles. The maximum absolute atomic E-state index is 12.2. The predicted molar refractivity (Wildman–Crippen MR) is 112 cm³/mol. The van der Waals surface area contributed by atoms with Crippen molar-refractivity contribution in [3.63, 3.8) is 0 Å². The Morgan fingerprint density at radius 2 is 1.64 bits per heavy atom. The summed E-state index contributed by atoms with van der Waals surface area (Å²) in [6, 6.07) is 25.0. The molecule has 0 unspecified atom stereocenters. The third-order valence-corrected chi connectivity index (χ3v) is 4.80. The second-order valence-corrected chi connectivity index (χ2v) is 7.11. The van der Waals surface area contributed by atoms with Crippen molar-refractivity contribution in [3.8, 4) is 5.75 Å². The number of para-hydroxylation sites is 1. The van der Waals surface area contributed by atoms with Crippen LogP contribution in [-0.2, 0) is 16.2 Å². The highest BCUT2D eigenvalue weighted by atomic mass is 79.9. The summed E-state index contributed by atoms with van der Waals surface area (Å²) >= 11 is 3.43. The molecule has 0 aromatic heterocycles. The lowest BCUT2D eigenvalue weighted by molar-refractivity contribution is -0.136. The van der Waals surface area contributed by atoms with Gasteiger partial charge in [0.15, 0.2) is 0 Å². The van der Waals surface area contributed by atoms with Gasteiger partial charge < -0.3 is 9.57 Å². The van der Waals surface area contributed by atoms with E-state index in [1.54, 1.807) is 6.08 Å². The van der Waals surface area contributed by atoms with E-state index in [9.17, 15) is 4.79 Å². The molecule has 0 N–H and O–H groups in total. The third-order valence-electron chi connectivity index (χ3n) is 4.27. The average Bonchev–Trinajstić information content (AvgIpc) is 3.09. The molecule has 28 heavy (non-hydrogen) atoms. The molecule has 0 amide bonds. The molecule has 4 rings (SSSR count). The van der Waals surface area contributed by atoms with E-state index in [1.165, 1.54) is 0 Å². The van der Waals surface area contributed by atoms with Crippen molar-refractivity contribution in [1.82, 2.24) is 0 Å². The number of carbonyl (C=O) groups excluding carboxylic acids is 1. The molecule has 1 aliphatic heterocycles. The van der Waals surface area contributed by atoms with Gasteiger partial charge in [0.25, 0.3) is 0 Å². The van der Waals surface area contributed by atoms with Gasteiger partial charge in [-0.2, -0.15) is 0 Å². The van der Waals surface area contributed by atoms with Crippen molar-refractivity contribution < 1.29 is 14.4 Å². The van der Waals surface area contributed by atoms with Gasteiger partial charge in [0.05, 0.1) is 5.57 Å². The first-order valence-electron chi connectivity index (χ1n) is 8.74. The molecule has 5 heteroatoms. The monoisotopic (exact) mass is 433 g/mol. The molecule has 138 valence electrons. The van der Waals surface area contributed by atoms with E-state index in [1.807, 2.05) is 78.9 Å². The Hall–Kier alpha value is -3.18. The van der Waals surface area contributed by atoms with Gasteiger partial charge in [-0.3, -0.25) is 0 Å². The SMILES string of the molecule is O=C1ON=C(c2ccccc2)/C1=C\c1ccccc1OCc1ccc(Br)cc1. The fraction of sp³-hybridized carbons (Fsp3) is 0.0435. The van der Waals surface area contributed by atoms with Crippen LogP contribution in [0, 0.1) is 0 Å². The minimum absolute atomic E-state index is 0.408. The Balaban J connectivity index is 1.61. The Morgan fingerprint density at radius 1 is 0.929 bits per heavy atom. The van der Waals surface area contributed by atoms with Crippen LogP contribution in [0.1, 0.15) is 16.7 Å². The number of hydrogen-bond acceptors (Lipinski definition) is 4. The first kappa shape index (κ1) is 18.2. The number of rotatable bonds is 5. The lowest BCUT2D eigenvalue weighted by Crippen LogP contribution is -2.07. The number of oxime groups is 1. The van der Waals surface area contributed by atoms with E-state index in [2.05, 4.69) is 21.1 Å². The van der Waals surface area contributed by atoms with Crippen LogP contribution in [0.4, 0.5) is 0 Å². The number of halogens is 1. The molecule has 0 fully saturated rings. The molecule has 3 aromatic rings. The second kappa shape index (κ2) is 8.23. The van der Waals surface area contributed by atoms with E-state index >= 15 is 0 Å². The maximum atomic E-state index is 12.2. The van der Waals surface area contributed by atoms with Crippen molar-refractivity contribution in [2.45, 2.75) is 6.61 Å². The highest BCUT2D eigenvalue weighted by Crippen LogP contribution is 2.26. The Kier molecular flexibility index (Phi) is 5.35. The Bertz CT molecular complexity index is 1060. The molecule has 4 nitrogen and oxygen atoms in total. The van der Waals surface area contributed by atoms with Gasteiger partial charge in [0.1, 0.15) is 18.1 Å². The predicted octanol–water partition coefficient (Wildman–Crippen LogP) is 5.37. The van der Waals surface area contributed by atoms with E-state index < -0.39 is 5.97 Å². The molecular weight excluding hydrogens is 418 g/mol. The number of benzene rings is 3. The zero-order chi connectivity index (χ0) is 19.3. The summed E-state index contributed by atoms with van der Waals surface area (Å²) in [5, 5.41) is 3.95. The zero-order valence-electron chi connectivity index (χ0n) is 14.8. The molecule has 0 atom stereocenters. The smallest absolute Gasteiger partial charge is 0.368 e. The van der Waals surface area contributed by atoms with Crippen molar-refractivity contribution in [2.75, 3.05) is 0 Å². The summed E-state index contributed by atoms with van der Waals surface area (Å²) < 4.78 is 7.02. The van der Waals surface area contributed by atoms with Crippen molar-refractivity contribution in [3.05, 3.63) is 106 Å². The molecule has 3 aromatic carbocycles. The molecule has 1 heterocycles. The molecule has 1 aliphatic rings. The van der Waals surface area contributed by atoms with Crippen LogP contribution in [0.3, 0.4) is 0 Å². The quantitative estimate of drug-likeness (QED) is 0.401. The van der Waals surface area contributed by atoms with Gasteiger partial charge in [0.2, 0.25) is 0 Å². The van der Waals surface area contributed by atoms with Crippen LogP contribution in [0.15, 0.2) is 94.1 Å². The zero-order valence-corrected chi connectivity index (χ0v) is 16.4. The number of carbonyl (C=O) groups is 1. The number of ether oxygens (including phenoxy) is 1. The number of hydrogen-bond donors (Lipinski definition) is 0. The van der Waals surface area contributed by atoms with Gasteiger partial charge in [-0.25, -0.2) is 4.79 Å². The van der Waals surface area contributed by atoms with E-state index in [0.717, 1.165) is 21.2 Å². The van der Waals surface area contributed by atoms with E-state index in [-0.39, 0.29) is 0 Å².